The second kappa shape index (κ2) is 12.3. The van der Waals surface area contributed by atoms with Crippen LogP contribution < -0.4 is 10.1 Å². The van der Waals surface area contributed by atoms with Gasteiger partial charge in [-0.2, -0.15) is 0 Å². The zero-order valence-electron chi connectivity index (χ0n) is 19.0. The third kappa shape index (κ3) is 6.88. The zero-order valence-corrected chi connectivity index (χ0v) is 21.3. The maximum Gasteiger partial charge on any atom is 0.220 e. The average Bonchev–Trinajstić information content (AvgIpc) is 3.23. The number of hydrogen-bond donors (Lipinski definition) is 1. The molecular weight excluding hydrogens is 479 g/mol. The Balaban J connectivity index is 1.89. The Kier molecular flexibility index (Phi) is 9.47. The molecule has 0 saturated heterocycles. The van der Waals surface area contributed by atoms with Crippen LogP contribution in [0.5, 0.6) is 5.75 Å². The summed E-state index contributed by atoms with van der Waals surface area (Å²) in [5.41, 5.74) is 1.76. The van der Waals surface area contributed by atoms with Crippen molar-refractivity contribution < 1.29 is 9.53 Å². The summed E-state index contributed by atoms with van der Waals surface area (Å²) in [7, 11) is 1.65. The van der Waals surface area contributed by atoms with Gasteiger partial charge in [0.05, 0.1) is 23.9 Å². The molecule has 3 aromatic rings. The quantitative estimate of drug-likeness (QED) is 0.233. The van der Waals surface area contributed by atoms with E-state index in [0.29, 0.717) is 38.9 Å². The summed E-state index contributed by atoms with van der Waals surface area (Å²) in [6.45, 7) is 4.01. The molecule has 1 N–H and O–H groups in total. The van der Waals surface area contributed by atoms with Crippen LogP contribution in [0.2, 0.25) is 10.0 Å². The molecule has 0 radical (unpaired) electrons. The summed E-state index contributed by atoms with van der Waals surface area (Å²) in [6, 6.07) is 12.8. The van der Waals surface area contributed by atoms with Crippen LogP contribution in [0, 0.1) is 0 Å². The third-order valence-corrected chi connectivity index (χ3v) is 6.64. The van der Waals surface area contributed by atoms with Gasteiger partial charge in [-0.15, -0.1) is 10.2 Å². The Hall–Kier alpha value is -2.22. The molecule has 1 aromatic heterocycles. The first-order chi connectivity index (χ1) is 15.9. The third-order valence-electron chi connectivity index (χ3n) is 5.08. The van der Waals surface area contributed by atoms with Gasteiger partial charge in [0.25, 0.3) is 0 Å². The molecule has 176 valence electrons. The molecule has 1 heterocycles. The Morgan fingerprint density at radius 1 is 1.18 bits per heavy atom. The van der Waals surface area contributed by atoms with E-state index in [2.05, 4.69) is 22.4 Å². The Labute approximate surface area is 209 Å². The van der Waals surface area contributed by atoms with Gasteiger partial charge in [0.15, 0.2) is 11.0 Å². The second-order valence-electron chi connectivity index (χ2n) is 7.66. The molecule has 0 aliphatic heterocycles. The van der Waals surface area contributed by atoms with Crippen molar-refractivity contribution in [3.8, 4) is 11.4 Å². The molecule has 2 aromatic carbocycles. The predicted octanol–water partition coefficient (Wildman–Crippen LogP) is 6.63. The van der Waals surface area contributed by atoms with E-state index >= 15 is 0 Å². The lowest BCUT2D eigenvalue weighted by atomic mass is 10.2. The summed E-state index contributed by atoms with van der Waals surface area (Å²) in [4.78, 5) is 12.4. The number of halogens is 2. The lowest BCUT2D eigenvalue weighted by Crippen LogP contribution is -2.28. The number of ether oxygens (including phenoxy) is 1. The van der Waals surface area contributed by atoms with Crippen LogP contribution in [-0.2, 0) is 10.5 Å². The number of aromatic nitrogens is 3. The van der Waals surface area contributed by atoms with Crippen LogP contribution in [-0.4, -0.2) is 27.8 Å². The number of carbonyl (C=O) groups excluding carboxylic acids is 1. The molecule has 0 saturated carbocycles. The van der Waals surface area contributed by atoms with Gasteiger partial charge >= 0.3 is 0 Å². The number of unbranched alkanes of at least 4 members (excludes halogenated alkanes) is 2. The lowest BCUT2D eigenvalue weighted by molar-refractivity contribution is -0.121. The van der Waals surface area contributed by atoms with Crippen LogP contribution in [0.3, 0.4) is 0 Å². The van der Waals surface area contributed by atoms with Gasteiger partial charge in [0, 0.05) is 17.2 Å². The van der Waals surface area contributed by atoms with E-state index in [4.69, 9.17) is 27.9 Å². The molecule has 1 amide bonds. The van der Waals surface area contributed by atoms with E-state index in [1.807, 2.05) is 35.8 Å². The Bertz CT molecular complexity index is 1090. The molecule has 3 rings (SSSR count). The topological polar surface area (TPSA) is 69.0 Å². The molecule has 9 heteroatoms. The smallest absolute Gasteiger partial charge is 0.220 e. The summed E-state index contributed by atoms with van der Waals surface area (Å²) >= 11 is 14.3. The molecule has 1 unspecified atom stereocenters. The number of rotatable bonds is 11. The number of thioether (sulfide) groups is 1. The first-order valence-corrected chi connectivity index (χ1v) is 12.6. The SMILES string of the molecule is CCCCCC(=O)NC(C)c1nnc(SCc2cccc(OC)c2)n1-c1cc(Cl)ccc1Cl. The monoisotopic (exact) mass is 506 g/mol. The summed E-state index contributed by atoms with van der Waals surface area (Å²) in [5.74, 6) is 2.04. The van der Waals surface area contributed by atoms with Gasteiger partial charge < -0.3 is 10.1 Å². The molecule has 1 atom stereocenters. The van der Waals surface area contributed by atoms with Crippen LogP contribution >= 0.6 is 35.0 Å². The molecule has 0 spiro atoms. The van der Waals surface area contributed by atoms with E-state index < -0.39 is 0 Å². The van der Waals surface area contributed by atoms with Gasteiger partial charge in [0.2, 0.25) is 5.91 Å². The van der Waals surface area contributed by atoms with Gasteiger partial charge in [-0.05, 0) is 49.2 Å². The predicted molar refractivity (Wildman–Crippen MR) is 135 cm³/mol. The summed E-state index contributed by atoms with van der Waals surface area (Å²) in [6.07, 6.45) is 3.45. The van der Waals surface area contributed by atoms with E-state index in [1.165, 1.54) is 11.8 Å². The van der Waals surface area contributed by atoms with E-state index in [1.54, 1.807) is 25.3 Å². The molecule has 0 bridgehead atoms. The first-order valence-electron chi connectivity index (χ1n) is 10.9. The second-order valence-corrected chi connectivity index (χ2v) is 9.44. The number of methoxy groups -OCH3 is 1. The molecule has 6 nitrogen and oxygen atoms in total. The molecule has 0 aliphatic rings. The van der Waals surface area contributed by atoms with Crippen molar-refractivity contribution in [2.24, 2.45) is 0 Å². The van der Waals surface area contributed by atoms with E-state index in [-0.39, 0.29) is 11.9 Å². The molecule has 0 aliphatic carbocycles. The fourth-order valence-electron chi connectivity index (χ4n) is 3.36. The number of carbonyl (C=O) groups is 1. The standard InChI is InChI=1S/C24H28Cl2N4O2S/c1-4-5-6-10-22(31)27-16(2)23-28-29-24(30(23)21-14-18(25)11-12-20(21)26)33-15-17-8-7-9-19(13-17)32-3/h7-9,11-14,16H,4-6,10,15H2,1-3H3,(H,27,31). The Morgan fingerprint density at radius 3 is 2.76 bits per heavy atom. The number of nitrogens with zero attached hydrogens (tertiary/aromatic N) is 3. The molecule has 33 heavy (non-hydrogen) atoms. The zero-order chi connectivity index (χ0) is 23.8. The Morgan fingerprint density at radius 2 is 2.00 bits per heavy atom. The average molecular weight is 507 g/mol. The first kappa shape index (κ1) is 25.4. The van der Waals surface area contributed by atoms with Crippen molar-refractivity contribution in [3.05, 3.63) is 63.9 Å². The number of nitrogens with one attached hydrogen (secondary N) is 1. The highest BCUT2D eigenvalue weighted by atomic mass is 35.5. The maximum atomic E-state index is 12.4. The fourth-order valence-corrected chi connectivity index (χ4v) is 4.63. The van der Waals surface area contributed by atoms with Crippen LogP contribution in [0.1, 0.15) is 57.0 Å². The highest BCUT2D eigenvalue weighted by Crippen LogP contribution is 2.32. The van der Waals surface area contributed by atoms with Gasteiger partial charge in [-0.3, -0.25) is 9.36 Å². The highest BCUT2D eigenvalue weighted by molar-refractivity contribution is 7.98. The maximum absolute atomic E-state index is 12.4. The van der Waals surface area contributed by atoms with Crippen LogP contribution in [0.15, 0.2) is 47.6 Å². The summed E-state index contributed by atoms with van der Waals surface area (Å²) in [5, 5.41) is 13.6. The van der Waals surface area contributed by atoms with Crippen molar-refractivity contribution in [1.82, 2.24) is 20.1 Å². The minimum absolute atomic E-state index is 0.00623. The van der Waals surface area contributed by atoms with E-state index in [9.17, 15) is 4.79 Å². The van der Waals surface area contributed by atoms with Gasteiger partial charge in [-0.1, -0.05) is 66.9 Å². The minimum Gasteiger partial charge on any atom is -0.497 e. The van der Waals surface area contributed by atoms with Crippen molar-refractivity contribution in [3.63, 3.8) is 0 Å². The van der Waals surface area contributed by atoms with Crippen molar-refractivity contribution in [2.45, 2.75) is 56.5 Å². The van der Waals surface area contributed by atoms with Crippen LogP contribution in [0.25, 0.3) is 5.69 Å². The van der Waals surface area contributed by atoms with Gasteiger partial charge in [-0.25, -0.2) is 0 Å². The minimum atomic E-state index is -0.354. The normalized spacial score (nSPS) is 11.9. The van der Waals surface area contributed by atoms with Crippen LogP contribution in [0.4, 0.5) is 0 Å². The number of hydrogen-bond acceptors (Lipinski definition) is 5. The van der Waals surface area contributed by atoms with E-state index in [0.717, 1.165) is 30.6 Å². The molecule has 0 fully saturated rings. The number of amides is 1. The lowest BCUT2D eigenvalue weighted by Gasteiger charge is -2.17. The van der Waals surface area contributed by atoms with Crippen molar-refractivity contribution in [1.29, 1.82) is 0 Å². The summed E-state index contributed by atoms with van der Waals surface area (Å²) < 4.78 is 7.19. The van der Waals surface area contributed by atoms with Crippen molar-refractivity contribution >= 4 is 40.9 Å². The van der Waals surface area contributed by atoms with Gasteiger partial charge in [0.1, 0.15) is 5.75 Å². The number of benzene rings is 2. The highest BCUT2D eigenvalue weighted by Gasteiger charge is 2.22. The largest absolute Gasteiger partial charge is 0.497 e. The van der Waals surface area contributed by atoms with Crippen molar-refractivity contribution in [2.75, 3.05) is 7.11 Å². The fraction of sp³-hybridized carbons (Fsp3) is 0.375. The molecular formula is C24H28Cl2N4O2S.